The molecule has 206 valence electrons. The van der Waals surface area contributed by atoms with E-state index >= 15 is 0 Å². The average Bonchev–Trinajstić information content (AvgIpc) is 3.15. The van der Waals surface area contributed by atoms with Gasteiger partial charge in [-0.1, -0.05) is 18.2 Å². The number of amides is 3. The minimum Gasteiger partial charge on any atom is -0.471 e. The van der Waals surface area contributed by atoms with Crippen LogP contribution in [0.1, 0.15) is 19.0 Å². The van der Waals surface area contributed by atoms with Crippen molar-refractivity contribution in [2.45, 2.75) is 20.3 Å². The Hall–Kier alpha value is -4.87. The highest BCUT2D eigenvalue weighted by Gasteiger charge is 2.17. The predicted molar refractivity (Wildman–Crippen MR) is 144 cm³/mol. The van der Waals surface area contributed by atoms with Gasteiger partial charge in [-0.15, -0.1) is 0 Å². The zero-order valence-corrected chi connectivity index (χ0v) is 22.2. The zero-order chi connectivity index (χ0) is 28.6. The number of aliphatic imine (C=N–C) groups is 1. The maximum atomic E-state index is 13.6. The minimum absolute atomic E-state index is 0.0338. The van der Waals surface area contributed by atoms with Crippen LogP contribution in [0.5, 0.6) is 11.6 Å². The molecule has 0 radical (unpaired) electrons. The van der Waals surface area contributed by atoms with Crippen LogP contribution in [0, 0.1) is 6.92 Å². The lowest BCUT2D eigenvalue weighted by Crippen LogP contribution is -2.48. The van der Waals surface area contributed by atoms with Crippen LogP contribution in [0.15, 0.2) is 77.4 Å². The highest BCUT2D eigenvalue weighted by atomic mass is 19.1. The van der Waals surface area contributed by atoms with E-state index < -0.39 is 6.03 Å². The van der Waals surface area contributed by atoms with E-state index in [-0.39, 0.29) is 24.8 Å². The van der Waals surface area contributed by atoms with Crippen molar-refractivity contribution in [2.24, 2.45) is 4.99 Å². The molecular formula is C27H31FN6O5. The number of benzene rings is 1. The second-order valence-electron chi connectivity index (χ2n) is 8.00. The first-order chi connectivity index (χ1) is 18.8. The van der Waals surface area contributed by atoms with Gasteiger partial charge in [-0.25, -0.2) is 19.2 Å². The number of hydrogen-bond acceptors (Lipinski definition) is 8. The van der Waals surface area contributed by atoms with Crippen LogP contribution in [0.3, 0.4) is 0 Å². The number of hydrogen-bond donors (Lipinski definition) is 1. The van der Waals surface area contributed by atoms with E-state index in [1.165, 1.54) is 29.2 Å². The zero-order valence-electron chi connectivity index (χ0n) is 22.2. The molecule has 2 aromatic rings. The molecule has 0 fully saturated rings. The first-order valence-corrected chi connectivity index (χ1v) is 11.9. The lowest BCUT2D eigenvalue weighted by atomic mass is 10.2. The number of guanidine groups is 1. The molecule has 1 heterocycles. The van der Waals surface area contributed by atoms with Crippen LogP contribution in [-0.2, 0) is 14.3 Å². The Labute approximate surface area is 226 Å². The Morgan fingerprint density at radius 3 is 2.54 bits per heavy atom. The molecule has 1 N–H and O–H groups in total. The van der Waals surface area contributed by atoms with E-state index in [0.717, 1.165) is 5.69 Å². The molecule has 0 bridgehead atoms. The molecule has 1 aliphatic rings. The highest BCUT2D eigenvalue weighted by Crippen LogP contribution is 2.23. The molecule has 1 aromatic carbocycles. The third-order valence-corrected chi connectivity index (χ3v) is 5.04. The van der Waals surface area contributed by atoms with E-state index in [9.17, 15) is 14.0 Å². The minimum atomic E-state index is -0.424. The maximum absolute atomic E-state index is 13.6. The fraction of sp³-hybridized carbons (Fsp3) is 0.259. The smallest absolute Gasteiger partial charge is 0.323 e. The Kier molecular flexibility index (Phi) is 12.5. The number of halogens is 1. The predicted octanol–water partition coefficient (Wildman–Crippen LogP) is 4.21. The highest BCUT2D eigenvalue weighted by molar-refractivity contribution is 6.01. The summed E-state index contributed by atoms with van der Waals surface area (Å²) >= 11 is 0. The molecule has 39 heavy (non-hydrogen) atoms. The number of allylic oxidation sites excluding steroid dienone is 4. The summed E-state index contributed by atoms with van der Waals surface area (Å²) in [6, 6.07) is 6.32. The molecule has 0 atom stereocenters. The average molecular weight is 539 g/mol. The van der Waals surface area contributed by atoms with Crippen molar-refractivity contribution in [1.29, 1.82) is 0 Å². The molecular weight excluding hydrogens is 507 g/mol. The van der Waals surface area contributed by atoms with Gasteiger partial charge >= 0.3 is 6.03 Å². The van der Waals surface area contributed by atoms with Crippen molar-refractivity contribution in [1.82, 2.24) is 25.1 Å². The van der Waals surface area contributed by atoms with E-state index in [2.05, 4.69) is 25.0 Å². The van der Waals surface area contributed by atoms with Crippen molar-refractivity contribution in [3.8, 4) is 11.6 Å². The molecule has 0 aliphatic heterocycles. The number of nitrogens with one attached hydrogen (secondary N) is 1. The quantitative estimate of drug-likeness (QED) is 0.303. The van der Waals surface area contributed by atoms with Gasteiger partial charge in [-0.2, -0.15) is 0 Å². The number of ether oxygens (including phenoxy) is 2. The summed E-state index contributed by atoms with van der Waals surface area (Å²) in [5, 5.41) is 2.68. The first kappa shape index (κ1) is 30.4. The van der Waals surface area contributed by atoms with Gasteiger partial charge in [-0.3, -0.25) is 24.8 Å². The SMILES string of the molecule is CCN(C)C(=O)NC(=Nc1ccc(Oc2cncc(C)n2)cc1)N(C=O)CC1=CC=C(F)CC=C1.COC=O. The largest absolute Gasteiger partial charge is 0.471 e. The second kappa shape index (κ2) is 16.1. The fourth-order valence-corrected chi connectivity index (χ4v) is 2.93. The van der Waals surface area contributed by atoms with Gasteiger partial charge in [0.15, 0.2) is 0 Å². The third kappa shape index (κ3) is 10.6. The molecule has 1 aromatic heterocycles. The van der Waals surface area contributed by atoms with E-state index in [1.54, 1.807) is 55.7 Å². The van der Waals surface area contributed by atoms with Gasteiger partial charge in [-0.05, 0) is 49.8 Å². The van der Waals surface area contributed by atoms with Crippen LogP contribution in [0.25, 0.3) is 0 Å². The number of methoxy groups -OCH3 is 1. The fourth-order valence-electron chi connectivity index (χ4n) is 2.93. The summed E-state index contributed by atoms with van der Waals surface area (Å²) in [4.78, 5) is 48.9. The molecule has 11 nitrogen and oxygen atoms in total. The summed E-state index contributed by atoms with van der Waals surface area (Å²) in [7, 11) is 2.94. The van der Waals surface area contributed by atoms with Crippen molar-refractivity contribution >= 4 is 30.6 Å². The van der Waals surface area contributed by atoms with Gasteiger partial charge in [0.2, 0.25) is 18.2 Å². The summed E-state index contributed by atoms with van der Waals surface area (Å²) in [6.07, 6.45) is 10.2. The molecule has 1 aliphatic carbocycles. The van der Waals surface area contributed by atoms with Crippen LogP contribution in [0.4, 0.5) is 14.9 Å². The number of nitrogens with zero attached hydrogens (tertiary/aromatic N) is 5. The van der Waals surface area contributed by atoms with Crippen LogP contribution >= 0.6 is 0 Å². The summed E-state index contributed by atoms with van der Waals surface area (Å²) in [6.45, 7) is 4.57. The van der Waals surface area contributed by atoms with Crippen LogP contribution in [0.2, 0.25) is 0 Å². The summed E-state index contributed by atoms with van der Waals surface area (Å²) in [5.41, 5.74) is 1.89. The van der Waals surface area contributed by atoms with E-state index in [4.69, 9.17) is 9.53 Å². The summed E-state index contributed by atoms with van der Waals surface area (Å²) in [5.74, 6) is 0.639. The molecule has 0 unspecified atom stereocenters. The van der Waals surface area contributed by atoms with Gasteiger partial charge in [0, 0.05) is 26.2 Å². The number of aryl methyl sites for hydroxylation is 1. The number of aromatic nitrogens is 2. The van der Waals surface area contributed by atoms with Crippen molar-refractivity contribution in [3.63, 3.8) is 0 Å². The topological polar surface area (TPSA) is 126 Å². The van der Waals surface area contributed by atoms with Crippen LogP contribution < -0.4 is 10.1 Å². The first-order valence-electron chi connectivity index (χ1n) is 11.9. The Balaban J connectivity index is 0.00000124. The van der Waals surface area contributed by atoms with Crippen molar-refractivity contribution in [3.05, 3.63) is 78.1 Å². The second-order valence-corrected chi connectivity index (χ2v) is 8.00. The van der Waals surface area contributed by atoms with E-state index in [0.29, 0.717) is 42.3 Å². The molecule has 3 amide bonds. The molecule has 0 saturated heterocycles. The molecule has 0 saturated carbocycles. The standard InChI is InChI=1S/C25H27FN6O3.C2H4O2/c1-4-31(3)25(34)30-24(32(17-33)16-19-6-5-7-20(26)9-8-19)29-21-10-12-22(13-11-21)35-23-15-27-14-18(2)28-23;1-4-2-3/h5-6,8-15,17H,4,7,16H2,1-3H3,(H,29,30,34);2H,1H3. The van der Waals surface area contributed by atoms with Gasteiger partial charge in [0.25, 0.3) is 6.47 Å². The lowest BCUT2D eigenvalue weighted by Gasteiger charge is -2.23. The third-order valence-electron chi connectivity index (χ3n) is 5.04. The maximum Gasteiger partial charge on any atom is 0.323 e. The Morgan fingerprint density at radius 1 is 1.21 bits per heavy atom. The Bertz CT molecular complexity index is 1240. The lowest BCUT2D eigenvalue weighted by molar-refractivity contribution is -0.126. The summed E-state index contributed by atoms with van der Waals surface area (Å²) < 4.78 is 23.1. The van der Waals surface area contributed by atoms with Crippen molar-refractivity contribution in [2.75, 3.05) is 27.2 Å². The Morgan fingerprint density at radius 2 is 1.92 bits per heavy atom. The van der Waals surface area contributed by atoms with E-state index in [1.807, 2.05) is 13.8 Å². The van der Waals surface area contributed by atoms with Crippen molar-refractivity contribution < 1.29 is 28.2 Å². The van der Waals surface area contributed by atoms with Gasteiger partial charge < -0.3 is 14.4 Å². The molecule has 3 rings (SSSR count). The van der Waals surface area contributed by atoms with Crippen LogP contribution in [-0.4, -0.2) is 71.9 Å². The van der Waals surface area contributed by atoms with Gasteiger partial charge in [0.05, 0.1) is 31.2 Å². The van der Waals surface area contributed by atoms with Gasteiger partial charge in [0.1, 0.15) is 11.6 Å². The molecule has 0 spiro atoms. The monoisotopic (exact) mass is 538 g/mol. The molecule has 12 heteroatoms. The number of rotatable bonds is 8. The normalized spacial score (nSPS) is 12.5. The number of carbonyl (C=O) groups is 3. The number of urea groups is 1. The number of carbonyl (C=O) groups excluding carboxylic acids is 3.